The highest BCUT2D eigenvalue weighted by Crippen LogP contribution is 2.37. The van der Waals surface area contributed by atoms with E-state index in [0.29, 0.717) is 0 Å². The molecule has 1 N–H and O–H groups in total. The monoisotopic (exact) mass is 410 g/mol. The van der Waals surface area contributed by atoms with Gasteiger partial charge < -0.3 is 9.53 Å². The van der Waals surface area contributed by atoms with Crippen LogP contribution in [0.15, 0.2) is 72.8 Å². The van der Waals surface area contributed by atoms with E-state index in [2.05, 4.69) is 94.4 Å². The zero-order valence-corrected chi connectivity index (χ0v) is 19.6. The highest BCUT2D eigenvalue weighted by Gasteiger charge is 2.50. The van der Waals surface area contributed by atoms with Gasteiger partial charge in [0.1, 0.15) is 0 Å². The van der Waals surface area contributed by atoms with Crippen LogP contribution in [0.2, 0.25) is 5.04 Å². The predicted molar refractivity (Wildman–Crippen MR) is 127 cm³/mol. The standard InChI is InChI=1S/C26H38O2Si/c1-23(17-11-7-5-6-8-16-22-27)28-29(26(2,3)4,24-18-12-9-13-19-24)25-20-14-10-15-21-25/h8-10,12-16,18-21,23,27H,5-7,11,17,22H2,1-4H3/b16-8+/t23-/m1/s1. The fourth-order valence-corrected chi connectivity index (χ4v) is 8.85. The fraction of sp³-hybridized carbons (Fsp3) is 0.462. The lowest BCUT2D eigenvalue weighted by Gasteiger charge is -2.44. The Balaban J connectivity index is 2.19. The van der Waals surface area contributed by atoms with E-state index >= 15 is 0 Å². The quantitative estimate of drug-likeness (QED) is 0.303. The molecule has 2 nitrogen and oxygen atoms in total. The van der Waals surface area contributed by atoms with Crippen LogP contribution >= 0.6 is 0 Å². The van der Waals surface area contributed by atoms with Crippen LogP contribution in [0.5, 0.6) is 0 Å². The molecule has 1 atom stereocenters. The summed E-state index contributed by atoms with van der Waals surface area (Å²) in [5.74, 6) is 0. The summed E-state index contributed by atoms with van der Waals surface area (Å²) in [7, 11) is -2.44. The summed E-state index contributed by atoms with van der Waals surface area (Å²) in [6.45, 7) is 9.38. The van der Waals surface area contributed by atoms with Crippen molar-refractivity contribution in [3.63, 3.8) is 0 Å². The van der Waals surface area contributed by atoms with Gasteiger partial charge >= 0.3 is 0 Å². The van der Waals surface area contributed by atoms with Gasteiger partial charge in [-0.1, -0.05) is 106 Å². The first-order valence-electron chi connectivity index (χ1n) is 11.0. The van der Waals surface area contributed by atoms with Gasteiger partial charge in [0, 0.05) is 6.10 Å². The Hall–Kier alpha value is -1.68. The van der Waals surface area contributed by atoms with Gasteiger partial charge in [0.15, 0.2) is 0 Å². The van der Waals surface area contributed by atoms with Gasteiger partial charge in [-0.25, -0.2) is 0 Å². The third-order valence-electron chi connectivity index (χ3n) is 5.55. The number of benzene rings is 2. The maximum absolute atomic E-state index is 8.80. The van der Waals surface area contributed by atoms with Crippen molar-refractivity contribution in [2.45, 2.75) is 70.9 Å². The van der Waals surface area contributed by atoms with Crippen molar-refractivity contribution in [3.8, 4) is 0 Å². The number of unbranched alkanes of at least 4 members (excludes halogenated alkanes) is 3. The number of rotatable bonds is 11. The van der Waals surface area contributed by atoms with E-state index in [9.17, 15) is 0 Å². The van der Waals surface area contributed by atoms with E-state index in [1.54, 1.807) is 0 Å². The summed E-state index contributed by atoms with van der Waals surface area (Å²) in [6, 6.07) is 21.7. The van der Waals surface area contributed by atoms with Gasteiger partial charge in [0.05, 0.1) is 6.61 Å². The van der Waals surface area contributed by atoms with Crippen LogP contribution in [0.1, 0.15) is 59.8 Å². The Morgan fingerprint density at radius 3 is 1.90 bits per heavy atom. The van der Waals surface area contributed by atoms with E-state index in [1.807, 2.05) is 6.08 Å². The topological polar surface area (TPSA) is 29.5 Å². The van der Waals surface area contributed by atoms with Crippen LogP contribution in [-0.4, -0.2) is 26.1 Å². The smallest absolute Gasteiger partial charge is 0.261 e. The lowest BCUT2D eigenvalue weighted by molar-refractivity contribution is 0.192. The van der Waals surface area contributed by atoms with Crippen LogP contribution in [0, 0.1) is 0 Å². The molecule has 0 unspecified atom stereocenters. The van der Waals surface area contributed by atoms with Crippen molar-refractivity contribution in [2.75, 3.05) is 6.61 Å². The molecule has 0 spiro atoms. The highest BCUT2D eigenvalue weighted by atomic mass is 28.4. The van der Waals surface area contributed by atoms with E-state index in [-0.39, 0.29) is 17.7 Å². The first kappa shape index (κ1) is 23.6. The number of aliphatic hydroxyl groups is 1. The molecule has 0 aromatic heterocycles. The van der Waals surface area contributed by atoms with Gasteiger partial charge in [-0.05, 0) is 41.6 Å². The summed E-state index contributed by atoms with van der Waals surface area (Å²) in [6.07, 6.45) is 9.78. The van der Waals surface area contributed by atoms with Crippen molar-refractivity contribution < 1.29 is 9.53 Å². The first-order chi connectivity index (χ1) is 13.9. The summed E-state index contributed by atoms with van der Waals surface area (Å²) in [5.41, 5.74) is 0. The average molecular weight is 411 g/mol. The Morgan fingerprint density at radius 1 is 0.862 bits per heavy atom. The SMILES string of the molecule is C[C@H](CCCCC/C=C/CO)O[Si](c1ccccc1)(c1ccccc1)C(C)(C)C. The zero-order valence-electron chi connectivity index (χ0n) is 18.6. The molecule has 3 heteroatoms. The molecule has 2 aromatic rings. The van der Waals surface area contributed by atoms with Crippen LogP contribution in [0.25, 0.3) is 0 Å². The molecular formula is C26H38O2Si. The minimum atomic E-state index is -2.44. The van der Waals surface area contributed by atoms with Crippen LogP contribution in [0.4, 0.5) is 0 Å². The molecule has 0 amide bonds. The van der Waals surface area contributed by atoms with Crippen LogP contribution < -0.4 is 10.4 Å². The van der Waals surface area contributed by atoms with E-state index < -0.39 is 8.32 Å². The van der Waals surface area contributed by atoms with Crippen molar-refractivity contribution in [1.82, 2.24) is 0 Å². The Morgan fingerprint density at radius 2 is 1.41 bits per heavy atom. The minimum Gasteiger partial charge on any atom is -0.405 e. The second-order valence-corrected chi connectivity index (χ2v) is 13.1. The maximum Gasteiger partial charge on any atom is 0.261 e. The Labute approximate surface area is 178 Å². The predicted octanol–water partition coefficient (Wildman–Crippen LogP) is 5.45. The molecule has 0 heterocycles. The summed E-state index contributed by atoms with van der Waals surface area (Å²) in [4.78, 5) is 0. The largest absolute Gasteiger partial charge is 0.405 e. The number of allylic oxidation sites excluding steroid dienone is 1. The molecular weight excluding hydrogens is 372 g/mol. The number of hydrogen-bond donors (Lipinski definition) is 1. The molecule has 0 saturated heterocycles. The first-order valence-corrected chi connectivity index (χ1v) is 12.9. The maximum atomic E-state index is 8.80. The van der Waals surface area contributed by atoms with Gasteiger partial charge in [-0.15, -0.1) is 0 Å². The van der Waals surface area contributed by atoms with Crippen molar-refractivity contribution in [1.29, 1.82) is 0 Å². The number of hydrogen-bond acceptors (Lipinski definition) is 2. The van der Waals surface area contributed by atoms with Crippen molar-refractivity contribution >= 4 is 18.7 Å². The molecule has 0 saturated carbocycles. The van der Waals surface area contributed by atoms with Crippen molar-refractivity contribution in [2.24, 2.45) is 0 Å². The summed E-state index contributed by atoms with van der Waals surface area (Å²) in [5, 5.41) is 11.5. The van der Waals surface area contributed by atoms with Gasteiger partial charge in [-0.2, -0.15) is 0 Å². The molecule has 0 fully saturated rings. The summed E-state index contributed by atoms with van der Waals surface area (Å²) < 4.78 is 7.11. The fourth-order valence-electron chi connectivity index (χ4n) is 4.12. The minimum absolute atomic E-state index is 0.0268. The Bertz CT molecular complexity index is 680. The molecule has 2 rings (SSSR count). The van der Waals surface area contributed by atoms with Gasteiger partial charge in [0.2, 0.25) is 0 Å². The normalized spacial score (nSPS) is 13.7. The third kappa shape index (κ3) is 6.40. The van der Waals surface area contributed by atoms with E-state index in [1.165, 1.54) is 29.6 Å². The third-order valence-corrected chi connectivity index (χ3v) is 10.7. The molecule has 0 radical (unpaired) electrons. The molecule has 2 aromatic carbocycles. The molecule has 0 aliphatic heterocycles. The molecule has 29 heavy (non-hydrogen) atoms. The molecule has 0 aliphatic rings. The van der Waals surface area contributed by atoms with Gasteiger partial charge in [0.25, 0.3) is 8.32 Å². The van der Waals surface area contributed by atoms with E-state index in [4.69, 9.17) is 9.53 Å². The molecule has 0 aliphatic carbocycles. The Kier molecular flexibility index (Phi) is 9.35. The zero-order chi connectivity index (χ0) is 21.2. The van der Waals surface area contributed by atoms with Gasteiger partial charge in [-0.3, -0.25) is 0 Å². The second kappa shape index (κ2) is 11.5. The van der Waals surface area contributed by atoms with Crippen molar-refractivity contribution in [3.05, 3.63) is 72.8 Å². The summed E-state index contributed by atoms with van der Waals surface area (Å²) >= 11 is 0. The molecule has 0 bridgehead atoms. The lowest BCUT2D eigenvalue weighted by atomic mass is 10.1. The number of aliphatic hydroxyl groups excluding tert-OH is 1. The highest BCUT2D eigenvalue weighted by molar-refractivity contribution is 6.99. The van der Waals surface area contributed by atoms with Crippen LogP contribution in [0.3, 0.4) is 0 Å². The van der Waals surface area contributed by atoms with E-state index in [0.717, 1.165) is 12.8 Å². The second-order valence-electron chi connectivity index (χ2n) is 8.88. The lowest BCUT2D eigenvalue weighted by Crippen LogP contribution is -2.67. The van der Waals surface area contributed by atoms with Crippen LogP contribution in [-0.2, 0) is 4.43 Å². The molecule has 158 valence electrons. The average Bonchev–Trinajstić information content (AvgIpc) is 2.71.